The first-order chi connectivity index (χ1) is 21.4. The van der Waals surface area contributed by atoms with Crippen LogP contribution in [-0.4, -0.2) is 125 Å². The van der Waals surface area contributed by atoms with Gasteiger partial charge in [-0.2, -0.15) is 0 Å². The minimum atomic E-state index is -1.29. The standard InChI is InChI=1S/C16H20O6.C8H14O5.C8H8O2/c1-21-12-6-3-10(4-7-12)2-5-11(17)8-14-16(20)15(19)13(18)9-22-14;1-4(9)2-6-8(12)7(11)5(10)3-13-6;1-10-8-4-2-7(6-9)3-5-8/h2-7,13-16,18-20H,8-9H2,1H3;5-8,10-12H,2-3H2,1H3;2-6H,1H3/b5-2+;;/t13-,14+,15+,16+;5-,6+,7+,8+;/m11./s1. The third-order valence-electron chi connectivity index (χ3n) is 6.93. The highest BCUT2D eigenvalue weighted by atomic mass is 16.5. The van der Waals surface area contributed by atoms with Crippen molar-refractivity contribution in [1.82, 2.24) is 0 Å². The number of benzene rings is 2. The Balaban J connectivity index is 0.000000259. The lowest BCUT2D eigenvalue weighted by atomic mass is 9.96. The number of ketones is 2. The van der Waals surface area contributed by atoms with Crippen molar-refractivity contribution < 1.29 is 64.0 Å². The molecule has 2 saturated heterocycles. The molecule has 13 heteroatoms. The highest BCUT2D eigenvalue weighted by Gasteiger charge is 2.38. The second-order valence-corrected chi connectivity index (χ2v) is 10.4. The Morgan fingerprint density at radius 1 is 0.711 bits per heavy atom. The van der Waals surface area contributed by atoms with Gasteiger partial charge in [0.1, 0.15) is 60.2 Å². The van der Waals surface area contributed by atoms with E-state index in [9.17, 15) is 39.9 Å². The fourth-order valence-corrected chi connectivity index (χ4v) is 4.23. The Labute approximate surface area is 261 Å². The predicted octanol–water partition coefficient (Wildman–Crippen LogP) is 0.104. The van der Waals surface area contributed by atoms with E-state index in [1.807, 2.05) is 12.1 Å². The number of allylic oxidation sites excluding steroid dienone is 1. The third kappa shape index (κ3) is 12.4. The van der Waals surface area contributed by atoms with Crippen LogP contribution in [0.5, 0.6) is 11.5 Å². The minimum Gasteiger partial charge on any atom is -0.497 e. The zero-order valence-corrected chi connectivity index (χ0v) is 25.3. The van der Waals surface area contributed by atoms with Crippen LogP contribution in [0.1, 0.15) is 35.7 Å². The van der Waals surface area contributed by atoms with Crippen LogP contribution in [0.2, 0.25) is 0 Å². The van der Waals surface area contributed by atoms with Gasteiger partial charge >= 0.3 is 0 Å². The number of hydrogen-bond acceptors (Lipinski definition) is 13. The molecule has 248 valence electrons. The van der Waals surface area contributed by atoms with Gasteiger partial charge in [-0.1, -0.05) is 18.2 Å². The molecule has 0 amide bonds. The maximum Gasteiger partial charge on any atom is 0.158 e. The van der Waals surface area contributed by atoms with Crippen molar-refractivity contribution in [1.29, 1.82) is 0 Å². The van der Waals surface area contributed by atoms with Crippen LogP contribution in [0.3, 0.4) is 0 Å². The maximum atomic E-state index is 11.9. The lowest BCUT2D eigenvalue weighted by molar-refractivity contribution is -0.188. The van der Waals surface area contributed by atoms with Crippen molar-refractivity contribution in [2.75, 3.05) is 27.4 Å². The third-order valence-corrected chi connectivity index (χ3v) is 6.93. The van der Waals surface area contributed by atoms with Gasteiger partial charge in [-0.25, -0.2) is 0 Å². The zero-order valence-electron chi connectivity index (χ0n) is 25.3. The number of carbonyl (C=O) groups excluding carboxylic acids is 3. The van der Waals surface area contributed by atoms with Crippen LogP contribution in [0, 0.1) is 0 Å². The molecule has 4 rings (SSSR count). The van der Waals surface area contributed by atoms with Gasteiger partial charge in [-0.15, -0.1) is 0 Å². The first-order valence-corrected chi connectivity index (χ1v) is 14.1. The molecule has 8 atom stereocenters. The molecule has 0 aromatic heterocycles. The van der Waals surface area contributed by atoms with E-state index in [2.05, 4.69) is 0 Å². The summed E-state index contributed by atoms with van der Waals surface area (Å²) >= 11 is 0. The predicted molar refractivity (Wildman–Crippen MR) is 161 cm³/mol. The van der Waals surface area contributed by atoms with E-state index in [0.717, 1.165) is 23.3 Å². The zero-order chi connectivity index (χ0) is 33.5. The van der Waals surface area contributed by atoms with Gasteiger partial charge in [-0.3, -0.25) is 14.4 Å². The van der Waals surface area contributed by atoms with Gasteiger partial charge in [0.15, 0.2) is 5.78 Å². The lowest BCUT2D eigenvalue weighted by Gasteiger charge is -2.34. The Hall–Kier alpha value is -3.53. The van der Waals surface area contributed by atoms with E-state index in [-0.39, 0.29) is 37.6 Å². The number of carbonyl (C=O) groups is 3. The highest BCUT2D eigenvalue weighted by molar-refractivity contribution is 5.93. The first-order valence-electron chi connectivity index (χ1n) is 14.1. The Bertz CT molecular complexity index is 1210. The molecular weight excluding hydrogens is 592 g/mol. The van der Waals surface area contributed by atoms with Crippen LogP contribution in [0.15, 0.2) is 54.6 Å². The summed E-state index contributed by atoms with van der Waals surface area (Å²) in [5, 5.41) is 56.4. The molecule has 0 saturated carbocycles. The second-order valence-electron chi connectivity index (χ2n) is 10.4. The number of hydrogen-bond donors (Lipinski definition) is 6. The normalized spacial score (nSPS) is 27.7. The summed E-state index contributed by atoms with van der Waals surface area (Å²) in [6.45, 7) is 1.24. The van der Waals surface area contributed by atoms with E-state index in [1.54, 1.807) is 56.7 Å². The molecular formula is C32H42O13. The fourth-order valence-electron chi connectivity index (χ4n) is 4.23. The van der Waals surface area contributed by atoms with Gasteiger partial charge < -0.3 is 49.6 Å². The SMILES string of the molecule is CC(=O)C[C@@H]1OC[C@@H](O)[C@H](O)[C@H]1O.COc1ccc(/C=C/C(=O)C[C@@H]2OC[C@@H](O)[C@H](O)[C@H]2O)cc1.COc1ccc(C=O)cc1. The van der Waals surface area contributed by atoms with Gasteiger partial charge in [0.05, 0.1) is 39.6 Å². The van der Waals surface area contributed by atoms with Crippen LogP contribution in [0.4, 0.5) is 0 Å². The van der Waals surface area contributed by atoms with E-state index >= 15 is 0 Å². The van der Waals surface area contributed by atoms with E-state index < -0.39 is 48.8 Å². The highest BCUT2D eigenvalue weighted by Crippen LogP contribution is 2.20. The number of methoxy groups -OCH3 is 2. The summed E-state index contributed by atoms with van der Waals surface area (Å²) < 4.78 is 20.1. The number of aliphatic hydroxyl groups is 6. The first kappa shape index (κ1) is 37.7. The monoisotopic (exact) mass is 634 g/mol. The Kier molecular flexibility index (Phi) is 16.0. The molecule has 2 aromatic carbocycles. The molecule has 0 spiro atoms. The Morgan fingerprint density at radius 2 is 1.13 bits per heavy atom. The van der Waals surface area contributed by atoms with Gasteiger partial charge in [-0.05, 0) is 55.0 Å². The van der Waals surface area contributed by atoms with E-state index in [4.69, 9.17) is 24.1 Å². The number of ether oxygens (including phenoxy) is 4. The molecule has 13 nitrogen and oxygen atoms in total. The largest absolute Gasteiger partial charge is 0.497 e. The topological polar surface area (TPSA) is 210 Å². The van der Waals surface area contributed by atoms with Crippen LogP contribution < -0.4 is 9.47 Å². The molecule has 0 unspecified atom stereocenters. The van der Waals surface area contributed by atoms with Gasteiger partial charge in [0, 0.05) is 18.4 Å². The van der Waals surface area contributed by atoms with Crippen LogP contribution in [0.25, 0.3) is 6.08 Å². The molecule has 2 aliphatic rings. The molecule has 2 aromatic rings. The molecule has 0 radical (unpaired) electrons. The Morgan fingerprint density at radius 3 is 1.53 bits per heavy atom. The summed E-state index contributed by atoms with van der Waals surface area (Å²) in [7, 11) is 3.17. The number of Topliss-reactive ketones (excluding diaryl/α,β-unsaturated/α-hetero) is 1. The summed E-state index contributed by atoms with van der Waals surface area (Å²) in [6, 6.07) is 14.1. The molecule has 0 bridgehead atoms. The summed E-state index contributed by atoms with van der Waals surface area (Å²) in [5.74, 6) is 1.15. The van der Waals surface area contributed by atoms with Crippen LogP contribution >= 0.6 is 0 Å². The summed E-state index contributed by atoms with van der Waals surface area (Å²) in [4.78, 5) is 32.8. The van der Waals surface area contributed by atoms with Crippen molar-refractivity contribution in [3.05, 3.63) is 65.7 Å². The van der Waals surface area contributed by atoms with E-state index in [1.165, 1.54) is 13.0 Å². The smallest absolute Gasteiger partial charge is 0.158 e. The van der Waals surface area contributed by atoms with Crippen LogP contribution in [-0.2, 0) is 19.1 Å². The second kappa shape index (κ2) is 19.1. The van der Waals surface area contributed by atoms with Gasteiger partial charge in [0.2, 0.25) is 0 Å². The van der Waals surface area contributed by atoms with Crippen molar-refractivity contribution in [3.63, 3.8) is 0 Å². The van der Waals surface area contributed by atoms with Crippen molar-refractivity contribution in [2.24, 2.45) is 0 Å². The average Bonchev–Trinajstić information content (AvgIpc) is 3.05. The van der Waals surface area contributed by atoms with Crippen molar-refractivity contribution in [3.8, 4) is 11.5 Å². The molecule has 6 N–H and O–H groups in total. The quantitative estimate of drug-likeness (QED) is 0.160. The van der Waals surface area contributed by atoms with E-state index in [0.29, 0.717) is 5.56 Å². The fraction of sp³-hybridized carbons (Fsp3) is 0.469. The summed E-state index contributed by atoms with van der Waals surface area (Å²) in [6.07, 6.45) is -4.83. The van der Waals surface area contributed by atoms with Crippen molar-refractivity contribution in [2.45, 2.75) is 68.6 Å². The number of aldehydes is 1. The minimum absolute atomic E-state index is 0.0455. The molecule has 0 aliphatic carbocycles. The van der Waals surface area contributed by atoms with Gasteiger partial charge in [0.25, 0.3) is 0 Å². The molecule has 45 heavy (non-hydrogen) atoms. The molecule has 2 aliphatic heterocycles. The average molecular weight is 635 g/mol. The lowest BCUT2D eigenvalue weighted by Crippen LogP contribution is -2.53. The number of rotatable bonds is 9. The summed E-state index contributed by atoms with van der Waals surface area (Å²) in [5.41, 5.74) is 1.51. The maximum absolute atomic E-state index is 11.9. The molecule has 2 fully saturated rings. The van der Waals surface area contributed by atoms with Crippen molar-refractivity contribution >= 4 is 23.9 Å². The number of aliphatic hydroxyl groups excluding tert-OH is 6. The molecule has 2 heterocycles.